The molecule has 106 valence electrons. The van der Waals surface area contributed by atoms with Crippen LogP contribution in [0.2, 0.25) is 0 Å². The second-order valence-electron chi connectivity index (χ2n) is 6.04. The molecule has 2 unspecified atom stereocenters. The summed E-state index contributed by atoms with van der Waals surface area (Å²) in [5, 5.41) is 0. The van der Waals surface area contributed by atoms with Gasteiger partial charge in [-0.3, -0.25) is 9.89 Å². The highest BCUT2D eigenvalue weighted by atomic mass is 79.9. The van der Waals surface area contributed by atoms with E-state index in [1.165, 1.54) is 25.9 Å². The van der Waals surface area contributed by atoms with Gasteiger partial charge in [0.2, 0.25) is 0 Å². The maximum atomic E-state index is 6.24. The van der Waals surface area contributed by atoms with Gasteiger partial charge < -0.3 is 10.6 Å². The van der Waals surface area contributed by atoms with Gasteiger partial charge in [-0.25, -0.2) is 0 Å². The zero-order valence-electron chi connectivity index (χ0n) is 11.4. The average molecular weight is 335 g/mol. The van der Waals surface area contributed by atoms with E-state index >= 15 is 0 Å². The molecule has 4 nitrogen and oxygen atoms in total. The van der Waals surface area contributed by atoms with Crippen LogP contribution < -0.4 is 10.6 Å². The van der Waals surface area contributed by atoms with Gasteiger partial charge in [0.05, 0.1) is 12.1 Å². The fraction of sp³-hybridized carbons (Fsp3) is 0.533. The number of nitrogens with two attached hydrogens (primary N) is 1. The van der Waals surface area contributed by atoms with E-state index in [9.17, 15) is 0 Å². The van der Waals surface area contributed by atoms with Crippen molar-refractivity contribution < 1.29 is 0 Å². The fourth-order valence-corrected chi connectivity index (χ4v) is 4.63. The molecule has 3 heterocycles. The van der Waals surface area contributed by atoms with Gasteiger partial charge in [-0.2, -0.15) is 0 Å². The molecule has 2 saturated heterocycles. The standard InChI is InChI=1S/C15H19BrN4/c16-11-3-1-4-12(9-11)20-14(17)18-10-15(20)6-8-19-7-2-5-13(15)19/h1,3-4,9,13H,2,5-8,10H2,(H2,17,18). The molecule has 1 spiro atoms. The molecule has 2 fully saturated rings. The quantitative estimate of drug-likeness (QED) is 0.856. The van der Waals surface area contributed by atoms with Crippen LogP contribution in [0.25, 0.3) is 0 Å². The molecular formula is C15H19BrN4. The molecule has 5 heteroatoms. The van der Waals surface area contributed by atoms with Gasteiger partial charge in [-0.05, 0) is 44.0 Å². The third-order valence-corrected chi connectivity index (χ3v) is 5.56. The van der Waals surface area contributed by atoms with Gasteiger partial charge in [0.25, 0.3) is 0 Å². The van der Waals surface area contributed by atoms with Crippen molar-refractivity contribution in [3.63, 3.8) is 0 Å². The predicted molar refractivity (Wildman–Crippen MR) is 85.1 cm³/mol. The largest absolute Gasteiger partial charge is 0.369 e. The molecule has 0 aromatic heterocycles. The molecule has 0 bridgehead atoms. The van der Waals surface area contributed by atoms with Crippen LogP contribution in [0, 0.1) is 0 Å². The molecule has 20 heavy (non-hydrogen) atoms. The van der Waals surface area contributed by atoms with Gasteiger partial charge in [0.15, 0.2) is 5.96 Å². The van der Waals surface area contributed by atoms with Gasteiger partial charge >= 0.3 is 0 Å². The second kappa shape index (κ2) is 4.46. The van der Waals surface area contributed by atoms with Gasteiger partial charge in [-0.1, -0.05) is 22.0 Å². The van der Waals surface area contributed by atoms with E-state index in [1.807, 2.05) is 0 Å². The summed E-state index contributed by atoms with van der Waals surface area (Å²) in [7, 11) is 0. The Balaban J connectivity index is 1.77. The van der Waals surface area contributed by atoms with Crippen molar-refractivity contribution in [2.24, 2.45) is 10.7 Å². The molecule has 1 aromatic carbocycles. The summed E-state index contributed by atoms with van der Waals surface area (Å²) >= 11 is 3.56. The molecule has 0 aliphatic carbocycles. The summed E-state index contributed by atoms with van der Waals surface area (Å²) in [6, 6.07) is 9.01. The molecule has 2 atom stereocenters. The molecule has 2 N–H and O–H groups in total. The number of rotatable bonds is 1. The number of halogens is 1. The summed E-state index contributed by atoms with van der Waals surface area (Å²) in [4.78, 5) is 9.52. The van der Waals surface area contributed by atoms with E-state index < -0.39 is 0 Å². The highest BCUT2D eigenvalue weighted by Gasteiger charge is 2.55. The Bertz CT molecular complexity index is 573. The minimum Gasteiger partial charge on any atom is -0.369 e. The van der Waals surface area contributed by atoms with Crippen LogP contribution in [-0.4, -0.2) is 42.1 Å². The number of fused-ring (bicyclic) bond motifs is 2. The van der Waals surface area contributed by atoms with Crippen molar-refractivity contribution in [1.29, 1.82) is 0 Å². The van der Waals surface area contributed by atoms with Crippen LogP contribution in [-0.2, 0) is 0 Å². The Morgan fingerprint density at radius 1 is 1.35 bits per heavy atom. The van der Waals surface area contributed by atoms with E-state index in [0.29, 0.717) is 12.0 Å². The minimum absolute atomic E-state index is 0.0847. The van der Waals surface area contributed by atoms with E-state index in [-0.39, 0.29) is 5.54 Å². The lowest BCUT2D eigenvalue weighted by Gasteiger charge is -2.40. The molecule has 3 aliphatic rings. The molecule has 3 aliphatic heterocycles. The van der Waals surface area contributed by atoms with Crippen LogP contribution in [0.3, 0.4) is 0 Å². The van der Waals surface area contributed by atoms with Gasteiger partial charge in [-0.15, -0.1) is 0 Å². The summed E-state index contributed by atoms with van der Waals surface area (Å²) in [6.45, 7) is 3.25. The van der Waals surface area contributed by atoms with E-state index in [2.05, 4.69) is 55.0 Å². The van der Waals surface area contributed by atoms with E-state index in [0.717, 1.165) is 23.1 Å². The Kier molecular flexibility index (Phi) is 2.82. The third kappa shape index (κ3) is 1.66. The highest BCUT2D eigenvalue weighted by molar-refractivity contribution is 9.10. The third-order valence-electron chi connectivity index (χ3n) is 5.07. The summed E-state index contributed by atoms with van der Waals surface area (Å²) in [5.41, 5.74) is 7.48. The number of benzene rings is 1. The fourth-order valence-electron chi connectivity index (χ4n) is 4.24. The van der Waals surface area contributed by atoms with Crippen LogP contribution in [0.15, 0.2) is 33.7 Å². The van der Waals surface area contributed by atoms with Crippen LogP contribution >= 0.6 is 15.9 Å². The number of aliphatic imine (C=N–C) groups is 1. The molecule has 0 amide bonds. The van der Waals surface area contributed by atoms with Crippen LogP contribution in [0.4, 0.5) is 5.69 Å². The van der Waals surface area contributed by atoms with Crippen molar-refractivity contribution in [3.8, 4) is 0 Å². The zero-order chi connectivity index (χ0) is 13.7. The zero-order valence-corrected chi connectivity index (χ0v) is 13.0. The topological polar surface area (TPSA) is 44.9 Å². The maximum Gasteiger partial charge on any atom is 0.196 e. The van der Waals surface area contributed by atoms with Crippen molar-refractivity contribution in [2.75, 3.05) is 24.5 Å². The Morgan fingerprint density at radius 3 is 3.10 bits per heavy atom. The number of hydrogen-bond acceptors (Lipinski definition) is 4. The monoisotopic (exact) mass is 334 g/mol. The first-order valence-electron chi connectivity index (χ1n) is 7.30. The summed E-state index contributed by atoms with van der Waals surface area (Å²) in [6.07, 6.45) is 3.74. The molecule has 4 rings (SSSR count). The molecule has 1 aromatic rings. The molecule has 0 saturated carbocycles. The first kappa shape index (κ1) is 12.7. The lowest BCUT2D eigenvalue weighted by Crippen LogP contribution is -2.57. The second-order valence-corrected chi connectivity index (χ2v) is 6.95. The smallest absolute Gasteiger partial charge is 0.196 e. The van der Waals surface area contributed by atoms with Crippen LogP contribution in [0.5, 0.6) is 0 Å². The van der Waals surface area contributed by atoms with Crippen LogP contribution in [0.1, 0.15) is 19.3 Å². The molecule has 0 radical (unpaired) electrons. The first-order chi connectivity index (χ1) is 9.71. The lowest BCUT2D eigenvalue weighted by atomic mass is 9.87. The number of anilines is 1. The predicted octanol–water partition coefficient (Wildman–Crippen LogP) is 2.19. The van der Waals surface area contributed by atoms with Gasteiger partial charge in [0.1, 0.15) is 0 Å². The Hall–Kier alpha value is -1.07. The number of nitrogens with zero attached hydrogens (tertiary/aromatic N) is 3. The van der Waals surface area contributed by atoms with Gasteiger partial charge in [0, 0.05) is 22.7 Å². The van der Waals surface area contributed by atoms with Crippen molar-refractivity contribution in [3.05, 3.63) is 28.7 Å². The van der Waals surface area contributed by atoms with Crippen molar-refractivity contribution >= 4 is 27.6 Å². The minimum atomic E-state index is 0.0847. The maximum absolute atomic E-state index is 6.24. The Morgan fingerprint density at radius 2 is 2.25 bits per heavy atom. The average Bonchev–Trinajstić information content (AvgIpc) is 3.08. The lowest BCUT2D eigenvalue weighted by molar-refractivity contribution is 0.274. The number of hydrogen-bond donors (Lipinski definition) is 1. The van der Waals surface area contributed by atoms with Crippen molar-refractivity contribution in [1.82, 2.24) is 4.90 Å². The first-order valence-corrected chi connectivity index (χ1v) is 8.10. The van der Waals surface area contributed by atoms with E-state index in [4.69, 9.17) is 5.73 Å². The summed E-state index contributed by atoms with van der Waals surface area (Å²) in [5.74, 6) is 0.678. The highest BCUT2D eigenvalue weighted by Crippen LogP contribution is 2.44. The van der Waals surface area contributed by atoms with Crippen molar-refractivity contribution in [2.45, 2.75) is 30.8 Å². The normalized spacial score (nSPS) is 33.0. The Labute approximate surface area is 127 Å². The molecular weight excluding hydrogens is 316 g/mol. The SMILES string of the molecule is NC1=NCC2(CCN3CCCC32)N1c1cccc(Br)c1. The van der Waals surface area contributed by atoms with E-state index in [1.54, 1.807) is 0 Å². The number of guanidine groups is 1. The summed E-state index contributed by atoms with van der Waals surface area (Å²) < 4.78 is 1.09.